The van der Waals surface area contributed by atoms with Crippen molar-refractivity contribution in [1.29, 1.82) is 0 Å². The number of rotatable bonds is 4. The van der Waals surface area contributed by atoms with Gasteiger partial charge in [-0.25, -0.2) is 4.98 Å². The van der Waals surface area contributed by atoms with E-state index in [1.165, 1.54) is 6.92 Å². The standard InChI is InChI=1S/C26H20ClN3O4/c1-15(31)28-22-8-7-17(13-20(22)27)29-26(32)19-14-23(30-21-5-3-2-4-18(19)21)16-6-9-24-25(12-16)34-11-10-33-24/h2-9,12-14H,10-11H2,1H3,(H,28,31)(H,29,32). The predicted octanol–water partition coefficient (Wildman–Crippen LogP) is 5.54. The average Bonchev–Trinajstić information content (AvgIpc) is 2.84. The van der Waals surface area contributed by atoms with Gasteiger partial charge in [-0.05, 0) is 48.5 Å². The Labute approximate surface area is 200 Å². The van der Waals surface area contributed by atoms with Crippen molar-refractivity contribution in [2.24, 2.45) is 0 Å². The van der Waals surface area contributed by atoms with Crippen LogP contribution in [0, 0.1) is 0 Å². The molecule has 1 aromatic heterocycles. The molecule has 34 heavy (non-hydrogen) atoms. The predicted molar refractivity (Wildman–Crippen MR) is 132 cm³/mol. The van der Waals surface area contributed by atoms with Gasteiger partial charge < -0.3 is 20.1 Å². The van der Waals surface area contributed by atoms with Gasteiger partial charge in [-0.2, -0.15) is 0 Å². The van der Waals surface area contributed by atoms with Crippen molar-refractivity contribution in [3.8, 4) is 22.8 Å². The molecule has 2 N–H and O–H groups in total. The largest absolute Gasteiger partial charge is 0.486 e. The molecule has 5 rings (SSSR count). The van der Waals surface area contributed by atoms with Gasteiger partial charge in [0.05, 0.1) is 27.5 Å². The van der Waals surface area contributed by atoms with E-state index in [9.17, 15) is 9.59 Å². The Balaban J connectivity index is 1.51. The lowest BCUT2D eigenvalue weighted by Gasteiger charge is -2.19. The van der Waals surface area contributed by atoms with Gasteiger partial charge in [0.1, 0.15) is 13.2 Å². The summed E-state index contributed by atoms with van der Waals surface area (Å²) < 4.78 is 11.3. The molecule has 0 fully saturated rings. The fraction of sp³-hybridized carbons (Fsp3) is 0.115. The Morgan fingerprint density at radius 1 is 0.912 bits per heavy atom. The minimum Gasteiger partial charge on any atom is -0.486 e. The van der Waals surface area contributed by atoms with Crippen LogP contribution in [-0.4, -0.2) is 30.0 Å². The monoisotopic (exact) mass is 473 g/mol. The maximum Gasteiger partial charge on any atom is 0.256 e. The third-order valence-corrected chi connectivity index (χ3v) is 5.65. The molecule has 0 saturated carbocycles. The quantitative estimate of drug-likeness (QED) is 0.406. The molecule has 0 atom stereocenters. The average molecular weight is 474 g/mol. The van der Waals surface area contributed by atoms with E-state index in [4.69, 9.17) is 26.1 Å². The number of benzene rings is 3. The lowest BCUT2D eigenvalue weighted by molar-refractivity contribution is -0.114. The van der Waals surface area contributed by atoms with Crippen LogP contribution in [0.4, 0.5) is 11.4 Å². The Bertz CT molecular complexity index is 1440. The number of amides is 2. The van der Waals surface area contributed by atoms with Gasteiger partial charge in [0, 0.05) is 23.6 Å². The number of para-hydroxylation sites is 1. The molecule has 4 aromatic rings. The second-order valence-electron chi connectivity index (χ2n) is 7.76. The van der Waals surface area contributed by atoms with Gasteiger partial charge in [0.25, 0.3) is 5.91 Å². The highest BCUT2D eigenvalue weighted by molar-refractivity contribution is 6.34. The molecule has 170 valence electrons. The highest BCUT2D eigenvalue weighted by atomic mass is 35.5. The molecule has 0 unspecified atom stereocenters. The van der Waals surface area contributed by atoms with E-state index < -0.39 is 0 Å². The summed E-state index contributed by atoms with van der Waals surface area (Å²) in [6, 6.07) is 19.8. The van der Waals surface area contributed by atoms with Crippen LogP contribution in [0.1, 0.15) is 17.3 Å². The minimum atomic E-state index is -0.305. The van der Waals surface area contributed by atoms with Gasteiger partial charge in [-0.1, -0.05) is 29.8 Å². The third-order valence-electron chi connectivity index (χ3n) is 5.34. The fourth-order valence-electron chi connectivity index (χ4n) is 3.80. The number of nitrogens with zero attached hydrogens (tertiary/aromatic N) is 1. The Morgan fingerprint density at radius 2 is 1.71 bits per heavy atom. The first-order valence-corrected chi connectivity index (χ1v) is 11.0. The first-order valence-electron chi connectivity index (χ1n) is 10.7. The number of pyridine rings is 1. The summed E-state index contributed by atoms with van der Waals surface area (Å²) in [5.74, 6) is 0.807. The number of fused-ring (bicyclic) bond motifs is 2. The molecule has 1 aliphatic heterocycles. The number of aromatic nitrogens is 1. The number of anilines is 2. The minimum absolute atomic E-state index is 0.228. The van der Waals surface area contributed by atoms with Crippen molar-refractivity contribution in [3.05, 3.63) is 77.3 Å². The Kier molecular flexibility index (Phi) is 5.77. The summed E-state index contributed by atoms with van der Waals surface area (Å²) in [5, 5.41) is 6.59. The molecule has 0 spiro atoms. The molecule has 7 nitrogen and oxygen atoms in total. The topological polar surface area (TPSA) is 89.6 Å². The number of nitrogens with one attached hydrogen (secondary N) is 2. The molecule has 0 aliphatic carbocycles. The van der Waals surface area contributed by atoms with Crippen LogP contribution >= 0.6 is 11.6 Å². The summed E-state index contributed by atoms with van der Waals surface area (Å²) >= 11 is 6.26. The number of hydrogen-bond donors (Lipinski definition) is 2. The molecule has 0 bridgehead atoms. The maximum atomic E-state index is 13.3. The van der Waals surface area contributed by atoms with Crippen molar-refractivity contribution >= 4 is 45.7 Å². The van der Waals surface area contributed by atoms with Gasteiger partial charge in [-0.15, -0.1) is 0 Å². The number of carbonyl (C=O) groups excluding carboxylic acids is 2. The highest BCUT2D eigenvalue weighted by Gasteiger charge is 2.17. The fourth-order valence-corrected chi connectivity index (χ4v) is 4.02. The summed E-state index contributed by atoms with van der Waals surface area (Å²) in [7, 11) is 0. The molecule has 3 aromatic carbocycles. The number of halogens is 1. The van der Waals surface area contributed by atoms with E-state index in [0.717, 1.165) is 10.9 Å². The van der Waals surface area contributed by atoms with E-state index in [-0.39, 0.29) is 11.8 Å². The van der Waals surface area contributed by atoms with Crippen LogP contribution < -0.4 is 20.1 Å². The van der Waals surface area contributed by atoms with Gasteiger partial charge in [-0.3, -0.25) is 9.59 Å². The Hall–Kier alpha value is -4.10. The first kappa shape index (κ1) is 21.7. The Morgan fingerprint density at radius 3 is 2.50 bits per heavy atom. The summed E-state index contributed by atoms with van der Waals surface area (Å²) in [6.45, 7) is 2.40. The molecule has 0 radical (unpaired) electrons. The zero-order valence-electron chi connectivity index (χ0n) is 18.2. The summed E-state index contributed by atoms with van der Waals surface area (Å²) in [4.78, 5) is 29.4. The van der Waals surface area contributed by atoms with E-state index >= 15 is 0 Å². The number of ether oxygens (including phenoxy) is 2. The molecule has 0 saturated heterocycles. The smallest absolute Gasteiger partial charge is 0.256 e. The first-order chi connectivity index (χ1) is 16.5. The van der Waals surface area contributed by atoms with Crippen molar-refractivity contribution < 1.29 is 19.1 Å². The SMILES string of the molecule is CC(=O)Nc1ccc(NC(=O)c2cc(-c3ccc4c(c3)OCCO4)nc3ccccc23)cc1Cl. The van der Waals surface area contributed by atoms with Gasteiger partial charge in [0.2, 0.25) is 5.91 Å². The zero-order valence-corrected chi connectivity index (χ0v) is 19.0. The normalized spacial score (nSPS) is 12.3. The van der Waals surface area contributed by atoms with Gasteiger partial charge in [0.15, 0.2) is 11.5 Å². The van der Waals surface area contributed by atoms with E-state index in [2.05, 4.69) is 10.6 Å². The van der Waals surface area contributed by atoms with Crippen molar-refractivity contribution in [3.63, 3.8) is 0 Å². The van der Waals surface area contributed by atoms with Crippen LogP contribution in [-0.2, 0) is 4.79 Å². The number of hydrogen-bond acceptors (Lipinski definition) is 5. The van der Waals surface area contributed by atoms with Gasteiger partial charge >= 0.3 is 0 Å². The van der Waals surface area contributed by atoms with E-state index in [0.29, 0.717) is 57.9 Å². The zero-order chi connectivity index (χ0) is 23.7. The summed E-state index contributed by atoms with van der Waals surface area (Å²) in [6.07, 6.45) is 0. The van der Waals surface area contributed by atoms with Crippen LogP contribution in [0.3, 0.4) is 0 Å². The van der Waals surface area contributed by atoms with Crippen molar-refractivity contribution in [2.75, 3.05) is 23.8 Å². The molecule has 1 aliphatic rings. The summed E-state index contributed by atoms with van der Waals surface area (Å²) in [5.41, 5.74) is 3.59. The second-order valence-corrected chi connectivity index (χ2v) is 8.17. The molecule has 8 heteroatoms. The van der Waals surface area contributed by atoms with Crippen LogP contribution in [0.15, 0.2) is 66.7 Å². The lowest BCUT2D eigenvalue weighted by atomic mass is 10.0. The van der Waals surface area contributed by atoms with Crippen LogP contribution in [0.25, 0.3) is 22.2 Å². The van der Waals surface area contributed by atoms with Crippen molar-refractivity contribution in [2.45, 2.75) is 6.92 Å². The third kappa shape index (κ3) is 4.38. The lowest BCUT2D eigenvalue weighted by Crippen LogP contribution is -2.15. The van der Waals surface area contributed by atoms with Crippen molar-refractivity contribution in [1.82, 2.24) is 4.98 Å². The molecular weight excluding hydrogens is 454 g/mol. The molecule has 2 amide bonds. The maximum absolute atomic E-state index is 13.3. The molecule has 2 heterocycles. The molecular formula is C26H20ClN3O4. The highest BCUT2D eigenvalue weighted by Crippen LogP contribution is 2.35. The van der Waals surface area contributed by atoms with E-state index in [1.807, 2.05) is 42.5 Å². The van der Waals surface area contributed by atoms with Crippen LogP contribution in [0.2, 0.25) is 5.02 Å². The second kappa shape index (κ2) is 9.03. The van der Waals surface area contributed by atoms with E-state index in [1.54, 1.807) is 24.3 Å². The van der Waals surface area contributed by atoms with Crippen LogP contribution in [0.5, 0.6) is 11.5 Å². The number of carbonyl (C=O) groups is 2.